The van der Waals surface area contributed by atoms with Crippen LogP contribution < -0.4 is 0 Å². The average Bonchev–Trinajstić information content (AvgIpc) is 2.40. The van der Waals surface area contributed by atoms with Crippen LogP contribution in [0.25, 0.3) is 0 Å². The Bertz CT molecular complexity index is 461. The fraction of sp³-hybridized carbons (Fsp3) is 0.500. The van der Waals surface area contributed by atoms with Crippen molar-refractivity contribution in [3.05, 3.63) is 29.8 Å². The second-order valence-corrected chi connectivity index (χ2v) is 6.20. The third-order valence-corrected chi connectivity index (χ3v) is 4.97. The Morgan fingerprint density at radius 3 is 2.18 bits per heavy atom. The highest BCUT2D eigenvalue weighted by Gasteiger charge is 2.25. The van der Waals surface area contributed by atoms with E-state index in [-0.39, 0.29) is 6.61 Å². The van der Waals surface area contributed by atoms with Crippen LogP contribution in [-0.4, -0.2) is 30.9 Å². The van der Waals surface area contributed by atoms with Crippen molar-refractivity contribution in [1.82, 2.24) is 4.31 Å². The summed E-state index contributed by atoms with van der Waals surface area (Å²) in [7, 11) is -3.34. The summed E-state index contributed by atoms with van der Waals surface area (Å²) in [6.07, 6.45) is 2.98. The summed E-state index contributed by atoms with van der Waals surface area (Å²) in [5, 5.41) is 8.92. The van der Waals surface area contributed by atoms with E-state index in [4.69, 9.17) is 5.11 Å². The van der Waals surface area contributed by atoms with Crippen molar-refractivity contribution in [2.24, 2.45) is 0 Å². The van der Waals surface area contributed by atoms with Crippen molar-refractivity contribution in [3.63, 3.8) is 0 Å². The fourth-order valence-corrected chi connectivity index (χ4v) is 3.54. The highest BCUT2D eigenvalue weighted by atomic mass is 32.2. The predicted molar refractivity (Wildman–Crippen MR) is 65.0 cm³/mol. The molecule has 0 atom stereocenters. The van der Waals surface area contributed by atoms with Gasteiger partial charge in [-0.1, -0.05) is 18.6 Å². The molecule has 0 saturated carbocycles. The van der Waals surface area contributed by atoms with E-state index in [9.17, 15) is 8.42 Å². The largest absolute Gasteiger partial charge is 0.392 e. The SMILES string of the molecule is O=S(=O)(c1ccc(CO)cc1)N1CCCCC1. The lowest BCUT2D eigenvalue weighted by atomic mass is 10.2. The molecule has 94 valence electrons. The normalized spacial score (nSPS) is 18.2. The van der Waals surface area contributed by atoms with E-state index in [0.29, 0.717) is 18.0 Å². The van der Waals surface area contributed by atoms with Crippen LogP contribution in [0.3, 0.4) is 0 Å². The lowest BCUT2D eigenvalue weighted by Gasteiger charge is -2.25. The van der Waals surface area contributed by atoms with E-state index in [2.05, 4.69) is 0 Å². The zero-order valence-electron chi connectivity index (χ0n) is 9.67. The van der Waals surface area contributed by atoms with Gasteiger partial charge in [0.05, 0.1) is 11.5 Å². The molecular formula is C12H17NO3S. The van der Waals surface area contributed by atoms with Crippen LogP contribution in [0.4, 0.5) is 0 Å². The molecule has 0 aromatic heterocycles. The molecule has 2 rings (SSSR count). The van der Waals surface area contributed by atoms with Gasteiger partial charge in [0.1, 0.15) is 0 Å². The van der Waals surface area contributed by atoms with Gasteiger partial charge in [0.15, 0.2) is 0 Å². The predicted octanol–water partition coefficient (Wildman–Crippen LogP) is 1.35. The standard InChI is InChI=1S/C12H17NO3S/c14-10-11-4-6-12(7-5-11)17(15,16)13-8-2-1-3-9-13/h4-7,14H,1-3,8-10H2. The number of benzene rings is 1. The van der Waals surface area contributed by atoms with Crippen molar-refractivity contribution in [3.8, 4) is 0 Å². The maximum atomic E-state index is 12.3. The van der Waals surface area contributed by atoms with Crippen LogP contribution in [0.5, 0.6) is 0 Å². The minimum atomic E-state index is -3.34. The molecule has 0 amide bonds. The van der Waals surface area contributed by atoms with Gasteiger partial charge >= 0.3 is 0 Å². The molecule has 0 aliphatic carbocycles. The quantitative estimate of drug-likeness (QED) is 0.887. The molecule has 0 unspecified atom stereocenters. The number of rotatable bonds is 3. The molecule has 5 heteroatoms. The maximum Gasteiger partial charge on any atom is 0.243 e. The van der Waals surface area contributed by atoms with E-state index in [0.717, 1.165) is 24.8 Å². The summed E-state index contributed by atoms with van der Waals surface area (Å²) in [6, 6.07) is 6.43. The van der Waals surface area contributed by atoms with Gasteiger partial charge in [0, 0.05) is 13.1 Å². The number of sulfonamides is 1. The fourth-order valence-electron chi connectivity index (χ4n) is 2.02. The van der Waals surface area contributed by atoms with Gasteiger partial charge in [0.2, 0.25) is 10.0 Å². The van der Waals surface area contributed by atoms with Crippen LogP contribution in [0.1, 0.15) is 24.8 Å². The summed E-state index contributed by atoms with van der Waals surface area (Å²) in [5.74, 6) is 0. The first-order valence-corrected chi connectivity index (χ1v) is 7.28. The molecular weight excluding hydrogens is 238 g/mol. The number of hydrogen-bond donors (Lipinski definition) is 1. The first-order chi connectivity index (χ1) is 8.14. The molecule has 1 heterocycles. The van der Waals surface area contributed by atoms with Crippen molar-refractivity contribution >= 4 is 10.0 Å². The minimum absolute atomic E-state index is 0.0654. The summed E-state index contributed by atoms with van der Waals surface area (Å²) < 4.78 is 26.0. The number of piperidine rings is 1. The Balaban J connectivity index is 2.23. The van der Waals surface area contributed by atoms with Crippen molar-refractivity contribution in [2.45, 2.75) is 30.8 Å². The van der Waals surface area contributed by atoms with Crippen LogP contribution in [-0.2, 0) is 16.6 Å². The number of nitrogens with zero attached hydrogens (tertiary/aromatic N) is 1. The van der Waals surface area contributed by atoms with Gasteiger partial charge in [0.25, 0.3) is 0 Å². The molecule has 1 aromatic rings. The number of aliphatic hydroxyl groups is 1. The summed E-state index contributed by atoms with van der Waals surface area (Å²) in [5.41, 5.74) is 0.725. The zero-order valence-corrected chi connectivity index (χ0v) is 10.5. The Kier molecular flexibility index (Phi) is 3.81. The molecule has 1 saturated heterocycles. The van der Waals surface area contributed by atoms with Crippen molar-refractivity contribution in [1.29, 1.82) is 0 Å². The first-order valence-electron chi connectivity index (χ1n) is 5.84. The van der Waals surface area contributed by atoms with E-state index < -0.39 is 10.0 Å². The monoisotopic (exact) mass is 255 g/mol. The molecule has 0 bridgehead atoms. The lowest BCUT2D eigenvalue weighted by molar-refractivity contribution is 0.281. The maximum absolute atomic E-state index is 12.3. The Labute approximate surface area is 102 Å². The summed E-state index contributed by atoms with van der Waals surface area (Å²) in [4.78, 5) is 0.316. The molecule has 1 aromatic carbocycles. The molecule has 0 radical (unpaired) electrons. The van der Waals surface area contributed by atoms with E-state index >= 15 is 0 Å². The first kappa shape index (κ1) is 12.5. The minimum Gasteiger partial charge on any atom is -0.392 e. The van der Waals surface area contributed by atoms with Crippen molar-refractivity contribution in [2.75, 3.05) is 13.1 Å². The Hall–Kier alpha value is -0.910. The van der Waals surface area contributed by atoms with Gasteiger partial charge in [-0.3, -0.25) is 0 Å². The molecule has 1 fully saturated rings. The smallest absolute Gasteiger partial charge is 0.243 e. The molecule has 1 aliphatic heterocycles. The number of aliphatic hydroxyl groups excluding tert-OH is 1. The van der Waals surface area contributed by atoms with E-state index in [1.165, 1.54) is 0 Å². The molecule has 4 nitrogen and oxygen atoms in total. The van der Waals surface area contributed by atoms with Gasteiger partial charge in [-0.2, -0.15) is 4.31 Å². The highest BCUT2D eigenvalue weighted by molar-refractivity contribution is 7.89. The Morgan fingerprint density at radius 2 is 1.65 bits per heavy atom. The van der Waals surface area contributed by atoms with Gasteiger partial charge in [-0.15, -0.1) is 0 Å². The van der Waals surface area contributed by atoms with E-state index in [1.54, 1.807) is 28.6 Å². The van der Waals surface area contributed by atoms with Gasteiger partial charge in [-0.05, 0) is 30.5 Å². The van der Waals surface area contributed by atoms with Crippen LogP contribution >= 0.6 is 0 Å². The average molecular weight is 255 g/mol. The Morgan fingerprint density at radius 1 is 1.06 bits per heavy atom. The molecule has 1 aliphatic rings. The summed E-state index contributed by atoms with van der Waals surface area (Å²) in [6.45, 7) is 1.16. The number of hydrogen-bond acceptors (Lipinski definition) is 3. The van der Waals surface area contributed by atoms with Gasteiger partial charge < -0.3 is 5.11 Å². The third-order valence-electron chi connectivity index (χ3n) is 3.06. The van der Waals surface area contributed by atoms with Crippen LogP contribution in [0.2, 0.25) is 0 Å². The second-order valence-electron chi connectivity index (χ2n) is 4.27. The van der Waals surface area contributed by atoms with Crippen molar-refractivity contribution < 1.29 is 13.5 Å². The molecule has 0 spiro atoms. The zero-order chi connectivity index (χ0) is 12.3. The van der Waals surface area contributed by atoms with Crippen LogP contribution in [0, 0.1) is 0 Å². The van der Waals surface area contributed by atoms with Crippen LogP contribution in [0.15, 0.2) is 29.2 Å². The molecule has 17 heavy (non-hydrogen) atoms. The topological polar surface area (TPSA) is 57.6 Å². The van der Waals surface area contributed by atoms with Gasteiger partial charge in [-0.25, -0.2) is 8.42 Å². The lowest BCUT2D eigenvalue weighted by Crippen LogP contribution is -2.35. The molecule has 1 N–H and O–H groups in total. The second kappa shape index (κ2) is 5.16. The highest BCUT2D eigenvalue weighted by Crippen LogP contribution is 2.20. The van der Waals surface area contributed by atoms with E-state index in [1.807, 2.05) is 0 Å². The summed E-state index contributed by atoms with van der Waals surface area (Å²) >= 11 is 0. The third kappa shape index (κ3) is 2.68.